The summed E-state index contributed by atoms with van der Waals surface area (Å²) in [7, 11) is 0. The van der Waals surface area contributed by atoms with Gasteiger partial charge in [-0.1, -0.05) is 63.5 Å². The maximum Gasteiger partial charge on any atom is -0.0348 e. The highest BCUT2D eigenvalue weighted by molar-refractivity contribution is 4.84. The summed E-state index contributed by atoms with van der Waals surface area (Å²) in [6.07, 6.45) is 22.5. The molecule has 2 aliphatic carbocycles. The molecule has 0 atom stereocenters. The summed E-state index contributed by atoms with van der Waals surface area (Å²) in [5.41, 5.74) is 0. The molecule has 0 heterocycles. The van der Waals surface area contributed by atoms with Gasteiger partial charge in [0, 0.05) is 0 Å². The Hall–Kier alpha value is -0.260. The van der Waals surface area contributed by atoms with Crippen molar-refractivity contribution in [3.8, 4) is 0 Å². The molecule has 2 fully saturated rings. The third-order valence-electron chi connectivity index (χ3n) is 4.60. The van der Waals surface area contributed by atoms with Crippen molar-refractivity contribution in [1.82, 2.24) is 0 Å². The largest absolute Gasteiger partial charge is 0.0885 e. The van der Waals surface area contributed by atoms with E-state index in [9.17, 15) is 0 Å². The molecule has 0 aliphatic heterocycles. The Balaban J connectivity index is 1.45. The van der Waals surface area contributed by atoms with Crippen LogP contribution in [0.2, 0.25) is 0 Å². The van der Waals surface area contributed by atoms with Gasteiger partial charge in [-0.15, -0.1) is 0 Å². The maximum atomic E-state index is 2.45. The third kappa shape index (κ3) is 4.31. The van der Waals surface area contributed by atoms with Gasteiger partial charge in [-0.3, -0.25) is 0 Å². The molecular weight excluding hydrogens is 192 g/mol. The Kier molecular flexibility index (Phi) is 5.45. The van der Waals surface area contributed by atoms with Crippen molar-refractivity contribution < 1.29 is 0 Å². The predicted molar refractivity (Wildman–Crippen MR) is 71.5 cm³/mol. The Labute approximate surface area is 102 Å². The Morgan fingerprint density at radius 2 is 1.00 bits per heavy atom. The normalized spacial score (nSPS) is 23.8. The van der Waals surface area contributed by atoms with Crippen molar-refractivity contribution in [2.24, 2.45) is 11.8 Å². The van der Waals surface area contributed by atoms with Gasteiger partial charge in [0.15, 0.2) is 0 Å². The molecule has 0 aromatic carbocycles. The second kappa shape index (κ2) is 7.14. The monoisotopic (exact) mass is 220 g/mol. The lowest BCUT2D eigenvalue weighted by atomic mass is 10.00. The van der Waals surface area contributed by atoms with Gasteiger partial charge < -0.3 is 0 Å². The van der Waals surface area contributed by atoms with E-state index < -0.39 is 0 Å². The Morgan fingerprint density at radius 3 is 1.38 bits per heavy atom. The highest BCUT2D eigenvalue weighted by Crippen LogP contribution is 2.29. The quantitative estimate of drug-likeness (QED) is 0.520. The molecule has 0 spiro atoms. The Bertz CT molecular complexity index is 170. The molecular formula is C16H28. The van der Waals surface area contributed by atoms with E-state index in [2.05, 4.69) is 12.2 Å². The number of allylic oxidation sites excluding steroid dienone is 2. The summed E-state index contributed by atoms with van der Waals surface area (Å²) in [6, 6.07) is 0. The highest BCUT2D eigenvalue weighted by atomic mass is 14.2. The van der Waals surface area contributed by atoms with E-state index in [0.29, 0.717) is 0 Å². The van der Waals surface area contributed by atoms with E-state index in [-0.39, 0.29) is 0 Å². The van der Waals surface area contributed by atoms with Gasteiger partial charge in [-0.05, 0) is 37.5 Å². The lowest BCUT2D eigenvalue weighted by molar-refractivity contribution is 0.502. The standard InChI is InChI=1S/C16H28/c1(3-9-15-11-5-6-12-15)2-4-10-16-13-7-8-14-16/h1-2,15-16H,3-14H2. The van der Waals surface area contributed by atoms with Crippen LogP contribution in [-0.2, 0) is 0 Å². The van der Waals surface area contributed by atoms with Crippen molar-refractivity contribution in [3.63, 3.8) is 0 Å². The summed E-state index contributed by atoms with van der Waals surface area (Å²) in [5.74, 6) is 2.14. The van der Waals surface area contributed by atoms with Crippen LogP contribution in [0.15, 0.2) is 12.2 Å². The van der Waals surface area contributed by atoms with E-state index in [1.54, 1.807) is 0 Å². The first kappa shape index (κ1) is 12.2. The molecule has 0 bridgehead atoms. The molecule has 2 rings (SSSR count). The fraction of sp³-hybridized carbons (Fsp3) is 0.875. The fourth-order valence-corrected chi connectivity index (χ4v) is 3.50. The van der Waals surface area contributed by atoms with Gasteiger partial charge in [0.2, 0.25) is 0 Å². The smallest absolute Gasteiger partial charge is 0.0348 e. The van der Waals surface area contributed by atoms with Crippen LogP contribution < -0.4 is 0 Å². The summed E-state index contributed by atoms with van der Waals surface area (Å²) >= 11 is 0. The first-order valence-electron chi connectivity index (χ1n) is 7.60. The minimum Gasteiger partial charge on any atom is -0.0885 e. The molecule has 0 heteroatoms. The number of hydrogen-bond acceptors (Lipinski definition) is 0. The Morgan fingerprint density at radius 1 is 0.625 bits per heavy atom. The van der Waals surface area contributed by atoms with Gasteiger partial charge in [0.25, 0.3) is 0 Å². The average Bonchev–Trinajstić information content (AvgIpc) is 2.96. The van der Waals surface area contributed by atoms with Gasteiger partial charge in [-0.2, -0.15) is 0 Å². The zero-order valence-corrected chi connectivity index (χ0v) is 10.8. The van der Waals surface area contributed by atoms with E-state index in [1.165, 1.54) is 77.0 Å². The van der Waals surface area contributed by atoms with E-state index in [0.717, 1.165) is 11.8 Å². The van der Waals surface area contributed by atoms with Crippen molar-refractivity contribution in [3.05, 3.63) is 12.2 Å². The maximum absolute atomic E-state index is 2.45. The molecule has 0 saturated heterocycles. The van der Waals surface area contributed by atoms with Gasteiger partial charge in [0.05, 0.1) is 0 Å². The van der Waals surface area contributed by atoms with Gasteiger partial charge >= 0.3 is 0 Å². The van der Waals surface area contributed by atoms with Crippen LogP contribution in [0, 0.1) is 11.8 Å². The van der Waals surface area contributed by atoms with Crippen molar-refractivity contribution in [1.29, 1.82) is 0 Å². The van der Waals surface area contributed by atoms with Crippen LogP contribution in [-0.4, -0.2) is 0 Å². The molecule has 0 amide bonds. The summed E-state index contributed by atoms with van der Waals surface area (Å²) in [6.45, 7) is 0. The molecule has 2 saturated carbocycles. The van der Waals surface area contributed by atoms with E-state index in [4.69, 9.17) is 0 Å². The van der Waals surface area contributed by atoms with Crippen molar-refractivity contribution >= 4 is 0 Å². The van der Waals surface area contributed by atoms with Crippen molar-refractivity contribution in [2.45, 2.75) is 77.0 Å². The number of hydrogen-bond donors (Lipinski definition) is 0. The molecule has 16 heavy (non-hydrogen) atoms. The van der Waals surface area contributed by atoms with Crippen LogP contribution in [0.3, 0.4) is 0 Å². The summed E-state index contributed by atoms with van der Waals surface area (Å²) < 4.78 is 0. The lowest BCUT2D eigenvalue weighted by Crippen LogP contribution is -1.92. The molecule has 92 valence electrons. The average molecular weight is 220 g/mol. The van der Waals surface area contributed by atoms with Crippen LogP contribution in [0.25, 0.3) is 0 Å². The molecule has 2 aliphatic rings. The lowest BCUT2D eigenvalue weighted by Gasteiger charge is -2.06. The second-order valence-electron chi connectivity index (χ2n) is 5.93. The molecule has 0 unspecified atom stereocenters. The van der Waals surface area contributed by atoms with Crippen LogP contribution in [0.4, 0.5) is 0 Å². The van der Waals surface area contributed by atoms with Crippen LogP contribution in [0.1, 0.15) is 77.0 Å². The first-order valence-corrected chi connectivity index (χ1v) is 7.60. The molecule has 0 aromatic rings. The minimum absolute atomic E-state index is 1.07. The van der Waals surface area contributed by atoms with Crippen molar-refractivity contribution in [2.75, 3.05) is 0 Å². The zero-order chi connectivity index (χ0) is 11.1. The molecule has 0 N–H and O–H groups in total. The molecule has 0 nitrogen and oxygen atoms in total. The SMILES string of the molecule is C(=CCCC1CCCC1)CCC1CCCC1. The van der Waals surface area contributed by atoms with Gasteiger partial charge in [-0.25, -0.2) is 0 Å². The second-order valence-corrected chi connectivity index (χ2v) is 5.93. The summed E-state index contributed by atoms with van der Waals surface area (Å²) in [4.78, 5) is 0. The first-order chi connectivity index (χ1) is 7.95. The van der Waals surface area contributed by atoms with Crippen LogP contribution >= 0.6 is 0 Å². The van der Waals surface area contributed by atoms with Gasteiger partial charge in [0.1, 0.15) is 0 Å². The predicted octanol–water partition coefficient (Wildman–Crippen LogP) is 5.48. The van der Waals surface area contributed by atoms with E-state index in [1.807, 2.05) is 0 Å². The topological polar surface area (TPSA) is 0 Å². The third-order valence-corrected chi connectivity index (χ3v) is 4.60. The fourth-order valence-electron chi connectivity index (χ4n) is 3.50. The highest BCUT2D eigenvalue weighted by Gasteiger charge is 2.14. The minimum atomic E-state index is 1.07. The summed E-state index contributed by atoms with van der Waals surface area (Å²) in [5, 5.41) is 0. The number of rotatable bonds is 6. The zero-order valence-electron chi connectivity index (χ0n) is 10.8. The molecule has 0 radical (unpaired) electrons. The molecule has 0 aromatic heterocycles. The van der Waals surface area contributed by atoms with Crippen LogP contribution in [0.5, 0.6) is 0 Å². The van der Waals surface area contributed by atoms with E-state index >= 15 is 0 Å².